The second-order valence-corrected chi connectivity index (χ2v) is 5.71. The van der Waals surface area contributed by atoms with Gasteiger partial charge in [0.05, 0.1) is 7.11 Å². The number of amides is 1. The average molecular weight is 312 g/mol. The van der Waals surface area contributed by atoms with Crippen LogP contribution in [0.3, 0.4) is 0 Å². The number of hydrogen-bond donors (Lipinski definition) is 2. The maximum absolute atomic E-state index is 12.3. The minimum Gasteiger partial charge on any atom is -0.496 e. The topological polar surface area (TPSA) is 50.4 Å². The molecule has 4 nitrogen and oxygen atoms in total. The number of carbonyl (C=O) groups is 1. The van der Waals surface area contributed by atoms with E-state index in [2.05, 4.69) is 23.6 Å². The summed E-state index contributed by atoms with van der Waals surface area (Å²) < 4.78 is 5.29. The van der Waals surface area contributed by atoms with Crippen LogP contribution in [0.25, 0.3) is 0 Å². The van der Waals surface area contributed by atoms with Crippen molar-refractivity contribution in [3.8, 4) is 5.75 Å². The SMILES string of the molecule is COc1ccccc1CNC(=O)[C@H](C)Nc1ccc(C)cc1C. The summed E-state index contributed by atoms with van der Waals surface area (Å²) in [6.45, 7) is 6.40. The monoisotopic (exact) mass is 312 g/mol. The van der Waals surface area contributed by atoms with Crippen molar-refractivity contribution in [3.05, 3.63) is 59.2 Å². The van der Waals surface area contributed by atoms with Crippen LogP contribution >= 0.6 is 0 Å². The molecular weight excluding hydrogens is 288 g/mol. The van der Waals surface area contributed by atoms with Gasteiger partial charge in [0.1, 0.15) is 11.8 Å². The molecule has 2 rings (SSSR count). The van der Waals surface area contributed by atoms with Crippen LogP contribution in [-0.2, 0) is 11.3 Å². The molecule has 0 aliphatic heterocycles. The summed E-state index contributed by atoms with van der Waals surface area (Å²) in [5.74, 6) is 0.735. The third kappa shape index (κ3) is 4.49. The molecule has 0 aliphatic rings. The predicted molar refractivity (Wildman–Crippen MR) is 93.8 cm³/mol. The molecule has 0 aliphatic carbocycles. The highest BCUT2D eigenvalue weighted by molar-refractivity contribution is 5.84. The maximum Gasteiger partial charge on any atom is 0.242 e. The molecular formula is C19H24N2O2. The number of nitrogens with one attached hydrogen (secondary N) is 2. The van der Waals surface area contributed by atoms with Gasteiger partial charge >= 0.3 is 0 Å². The number of ether oxygens (including phenoxy) is 1. The lowest BCUT2D eigenvalue weighted by atomic mass is 10.1. The number of benzene rings is 2. The molecule has 0 radical (unpaired) electrons. The van der Waals surface area contributed by atoms with E-state index in [0.29, 0.717) is 6.54 Å². The average Bonchev–Trinajstić information content (AvgIpc) is 2.55. The number of methoxy groups -OCH3 is 1. The van der Waals surface area contributed by atoms with E-state index in [9.17, 15) is 4.79 Å². The molecule has 0 fully saturated rings. The molecule has 2 aromatic carbocycles. The van der Waals surface area contributed by atoms with Crippen LogP contribution in [0.2, 0.25) is 0 Å². The van der Waals surface area contributed by atoms with E-state index in [1.54, 1.807) is 7.11 Å². The van der Waals surface area contributed by atoms with Gasteiger partial charge < -0.3 is 15.4 Å². The lowest BCUT2D eigenvalue weighted by Crippen LogP contribution is -2.37. The quantitative estimate of drug-likeness (QED) is 0.859. The van der Waals surface area contributed by atoms with Crippen molar-refractivity contribution in [2.24, 2.45) is 0 Å². The van der Waals surface area contributed by atoms with Crippen LogP contribution in [0.5, 0.6) is 5.75 Å². The molecule has 2 N–H and O–H groups in total. The number of carbonyl (C=O) groups excluding carboxylic acids is 1. The summed E-state index contributed by atoms with van der Waals surface area (Å²) in [5.41, 5.74) is 4.29. The normalized spacial score (nSPS) is 11.7. The highest BCUT2D eigenvalue weighted by Crippen LogP contribution is 2.18. The Morgan fingerprint density at radius 3 is 2.61 bits per heavy atom. The van der Waals surface area contributed by atoms with Gasteiger partial charge in [-0.3, -0.25) is 4.79 Å². The van der Waals surface area contributed by atoms with Crippen molar-refractivity contribution < 1.29 is 9.53 Å². The third-order valence-corrected chi connectivity index (χ3v) is 3.79. The minimum absolute atomic E-state index is 0.0455. The molecule has 1 amide bonds. The number of rotatable bonds is 6. The van der Waals surface area contributed by atoms with E-state index in [0.717, 1.165) is 22.6 Å². The summed E-state index contributed by atoms with van der Waals surface area (Å²) in [6, 6.07) is 13.5. The smallest absolute Gasteiger partial charge is 0.242 e. The van der Waals surface area contributed by atoms with Gasteiger partial charge in [-0.25, -0.2) is 0 Å². The zero-order valence-electron chi connectivity index (χ0n) is 14.1. The highest BCUT2D eigenvalue weighted by Gasteiger charge is 2.14. The van der Waals surface area contributed by atoms with E-state index in [-0.39, 0.29) is 11.9 Å². The van der Waals surface area contributed by atoms with Gasteiger partial charge in [-0.15, -0.1) is 0 Å². The lowest BCUT2D eigenvalue weighted by molar-refractivity contribution is -0.121. The van der Waals surface area contributed by atoms with Crippen molar-refractivity contribution in [1.29, 1.82) is 0 Å². The zero-order valence-corrected chi connectivity index (χ0v) is 14.1. The lowest BCUT2D eigenvalue weighted by Gasteiger charge is -2.17. The minimum atomic E-state index is -0.314. The van der Waals surface area contributed by atoms with E-state index in [1.807, 2.05) is 50.2 Å². The van der Waals surface area contributed by atoms with Crippen molar-refractivity contribution in [2.75, 3.05) is 12.4 Å². The maximum atomic E-state index is 12.3. The van der Waals surface area contributed by atoms with Crippen LogP contribution in [0, 0.1) is 13.8 Å². The van der Waals surface area contributed by atoms with Crippen LogP contribution in [0.15, 0.2) is 42.5 Å². The molecule has 0 heterocycles. The number of aryl methyl sites for hydroxylation is 2. The number of hydrogen-bond acceptors (Lipinski definition) is 3. The van der Waals surface area contributed by atoms with Crippen LogP contribution in [0.4, 0.5) is 5.69 Å². The Bertz CT molecular complexity index is 683. The summed E-state index contributed by atoms with van der Waals surface area (Å²) in [7, 11) is 1.63. The summed E-state index contributed by atoms with van der Waals surface area (Å²) >= 11 is 0. The van der Waals surface area contributed by atoms with Gasteiger partial charge in [-0.2, -0.15) is 0 Å². The van der Waals surface area contributed by atoms with Crippen molar-refractivity contribution in [1.82, 2.24) is 5.32 Å². The molecule has 2 aromatic rings. The zero-order chi connectivity index (χ0) is 16.8. The Morgan fingerprint density at radius 1 is 1.17 bits per heavy atom. The molecule has 0 saturated heterocycles. The molecule has 0 saturated carbocycles. The highest BCUT2D eigenvalue weighted by atomic mass is 16.5. The molecule has 122 valence electrons. The fourth-order valence-corrected chi connectivity index (χ4v) is 2.46. The van der Waals surface area contributed by atoms with Gasteiger partial charge in [-0.1, -0.05) is 35.9 Å². The predicted octanol–water partition coefficient (Wildman–Crippen LogP) is 3.43. The molecule has 0 bridgehead atoms. The standard InChI is InChI=1S/C19H24N2O2/c1-13-9-10-17(14(2)11-13)21-15(3)19(22)20-12-16-7-5-6-8-18(16)23-4/h5-11,15,21H,12H2,1-4H3,(H,20,22)/t15-/m0/s1. The van der Waals surface area contributed by atoms with Crippen LogP contribution in [-0.4, -0.2) is 19.1 Å². The fraction of sp³-hybridized carbons (Fsp3) is 0.316. The largest absolute Gasteiger partial charge is 0.496 e. The van der Waals surface area contributed by atoms with E-state index >= 15 is 0 Å². The van der Waals surface area contributed by atoms with Gasteiger partial charge in [0.15, 0.2) is 0 Å². The van der Waals surface area contributed by atoms with Crippen molar-refractivity contribution in [2.45, 2.75) is 33.4 Å². The number of para-hydroxylation sites is 1. The third-order valence-electron chi connectivity index (χ3n) is 3.79. The Labute approximate surface area is 137 Å². The molecule has 0 spiro atoms. The van der Waals surface area contributed by atoms with E-state index in [4.69, 9.17) is 4.74 Å². The first-order valence-electron chi connectivity index (χ1n) is 7.74. The van der Waals surface area contributed by atoms with Gasteiger partial charge in [0.2, 0.25) is 5.91 Å². The first kappa shape index (κ1) is 16.9. The van der Waals surface area contributed by atoms with Crippen LogP contribution < -0.4 is 15.4 Å². The fourth-order valence-electron chi connectivity index (χ4n) is 2.46. The van der Waals surface area contributed by atoms with Gasteiger partial charge in [0, 0.05) is 17.8 Å². The van der Waals surface area contributed by atoms with Crippen molar-refractivity contribution >= 4 is 11.6 Å². The Morgan fingerprint density at radius 2 is 1.91 bits per heavy atom. The van der Waals surface area contributed by atoms with Gasteiger partial charge in [0.25, 0.3) is 0 Å². The van der Waals surface area contributed by atoms with E-state index in [1.165, 1.54) is 5.56 Å². The van der Waals surface area contributed by atoms with Crippen LogP contribution in [0.1, 0.15) is 23.6 Å². The van der Waals surface area contributed by atoms with Crippen molar-refractivity contribution in [3.63, 3.8) is 0 Å². The first-order chi connectivity index (χ1) is 11.0. The molecule has 4 heteroatoms. The molecule has 0 unspecified atom stereocenters. The second kappa shape index (κ2) is 7.68. The van der Waals surface area contributed by atoms with Gasteiger partial charge in [-0.05, 0) is 38.5 Å². The Hall–Kier alpha value is -2.49. The van der Waals surface area contributed by atoms with E-state index < -0.39 is 0 Å². The summed E-state index contributed by atoms with van der Waals surface area (Å²) in [6.07, 6.45) is 0. The second-order valence-electron chi connectivity index (χ2n) is 5.71. The number of anilines is 1. The summed E-state index contributed by atoms with van der Waals surface area (Å²) in [5, 5.41) is 6.20. The Balaban J connectivity index is 1.95. The molecule has 23 heavy (non-hydrogen) atoms. The Kier molecular flexibility index (Phi) is 5.63. The molecule has 1 atom stereocenters. The molecule has 0 aromatic heterocycles. The first-order valence-corrected chi connectivity index (χ1v) is 7.74. The summed E-state index contributed by atoms with van der Waals surface area (Å²) in [4.78, 5) is 12.3.